The first-order valence-corrected chi connectivity index (χ1v) is 12.1. The van der Waals surface area contributed by atoms with Crippen LogP contribution in [0.15, 0.2) is 18.5 Å². The Morgan fingerprint density at radius 3 is 2.68 bits per heavy atom. The van der Waals surface area contributed by atoms with Crippen LogP contribution in [0.3, 0.4) is 0 Å². The van der Waals surface area contributed by atoms with Gasteiger partial charge in [0.1, 0.15) is 0 Å². The number of hydrogen-bond donors (Lipinski definition) is 1. The molecule has 0 radical (unpaired) electrons. The summed E-state index contributed by atoms with van der Waals surface area (Å²) < 4.78 is 35.2. The summed E-state index contributed by atoms with van der Waals surface area (Å²) in [7, 11) is 1.38. The van der Waals surface area contributed by atoms with Crippen molar-refractivity contribution in [1.82, 2.24) is 22.5 Å². The zero-order valence-corrected chi connectivity index (χ0v) is 21.2. The standard InChI is InChI=1S/C20H19F2N6O2.Tl/c1-30-20(29)14-9-2-4-10(5-3-9)15(14)25-18-13(22)8-24-19(26-18)16-12-6-11(21)7-23-17(12)28-27-16;/h6-10,14-15H,2-5H2,1H3,(H-,23,24,25,26,27,28);/q-1;+1/t9?,10?,14?,15-;/m1./s1. The SMILES string of the molecule is COC(=O)C1C2CCC(CC2)[C@H]1Nc1nc(-c2n[n]([Tl])c3ncc(F)cc23)ncc1F. The summed E-state index contributed by atoms with van der Waals surface area (Å²) in [4.78, 5) is 25.0. The van der Waals surface area contributed by atoms with Gasteiger partial charge in [-0.05, 0) is 0 Å². The molecule has 0 aromatic carbocycles. The molecule has 0 aliphatic heterocycles. The second-order valence-corrected chi connectivity index (χ2v) is 10.0. The van der Waals surface area contributed by atoms with E-state index in [1.54, 1.807) is 2.49 Å². The van der Waals surface area contributed by atoms with Crippen molar-refractivity contribution in [1.29, 1.82) is 0 Å². The van der Waals surface area contributed by atoms with Crippen LogP contribution < -0.4 is 5.32 Å². The van der Waals surface area contributed by atoms with Crippen molar-refractivity contribution >= 4 is 48.9 Å². The fourth-order valence-electron chi connectivity index (χ4n) is 5.04. The first-order chi connectivity index (χ1) is 15.0. The molecular weight excluding hydrogens is 599 g/mol. The van der Waals surface area contributed by atoms with Gasteiger partial charge in [0.25, 0.3) is 0 Å². The van der Waals surface area contributed by atoms with Crippen LogP contribution in [-0.4, -0.2) is 67.7 Å². The van der Waals surface area contributed by atoms with Crippen LogP contribution in [0, 0.1) is 29.4 Å². The molecule has 1 unspecified atom stereocenters. The van der Waals surface area contributed by atoms with Gasteiger partial charge >= 0.3 is 193 Å². The number of esters is 1. The molecule has 3 aliphatic rings. The van der Waals surface area contributed by atoms with E-state index in [0.29, 0.717) is 42.8 Å². The van der Waals surface area contributed by atoms with E-state index in [0.717, 1.165) is 38.1 Å². The molecular formula is C20H19F2N6O2Tl. The Labute approximate surface area is 192 Å². The molecule has 3 heterocycles. The number of fused-ring (bicyclic) bond motifs is 4. The molecule has 3 aliphatic carbocycles. The number of halogens is 2. The van der Waals surface area contributed by atoms with Gasteiger partial charge in [-0.2, -0.15) is 0 Å². The molecule has 0 amide bonds. The van der Waals surface area contributed by atoms with E-state index in [9.17, 15) is 13.6 Å². The molecule has 1 N–H and O–H groups in total. The van der Waals surface area contributed by atoms with E-state index < -0.39 is 11.6 Å². The number of nitrogens with zero attached hydrogens (tertiary/aromatic N) is 5. The number of carbonyl (C=O) groups is 1. The van der Waals surface area contributed by atoms with E-state index in [1.165, 1.54) is 13.2 Å². The van der Waals surface area contributed by atoms with Gasteiger partial charge in [-0.3, -0.25) is 0 Å². The zero-order valence-electron chi connectivity index (χ0n) is 16.8. The Kier molecular flexibility index (Phi) is 5.34. The number of hydrogen-bond acceptors (Lipinski definition) is 7. The van der Waals surface area contributed by atoms with Crippen molar-refractivity contribution in [3.05, 3.63) is 30.1 Å². The first-order valence-electron chi connectivity index (χ1n) is 10.1. The van der Waals surface area contributed by atoms with Crippen LogP contribution in [0.2, 0.25) is 0 Å². The van der Waals surface area contributed by atoms with Crippen LogP contribution in [0.1, 0.15) is 25.7 Å². The fourth-order valence-corrected chi connectivity index (χ4v) is 6.28. The number of rotatable bonds is 4. The van der Waals surface area contributed by atoms with Gasteiger partial charge in [0.15, 0.2) is 0 Å². The molecule has 3 aromatic heterocycles. The number of methoxy groups -OCH3 is 1. The average molecular weight is 618 g/mol. The number of carbonyl (C=O) groups excluding carboxylic acids is 1. The predicted octanol–water partition coefficient (Wildman–Crippen LogP) is 2.49. The number of anilines is 1. The topological polar surface area (TPSA) is 94.8 Å². The van der Waals surface area contributed by atoms with Crippen molar-refractivity contribution in [3.63, 3.8) is 0 Å². The van der Waals surface area contributed by atoms with Crippen molar-refractivity contribution in [3.8, 4) is 11.5 Å². The van der Waals surface area contributed by atoms with Crippen LogP contribution in [-0.2, 0) is 9.53 Å². The summed E-state index contributed by atoms with van der Waals surface area (Å²) in [6.07, 6.45) is 6.13. The van der Waals surface area contributed by atoms with Crippen LogP contribution in [0.4, 0.5) is 14.6 Å². The number of aromatic nitrogens is 5. The van der Waals surface area contributed by atoms with Crippen molar-refractivity contribution < 1.29 is 18.3 Å². The van der Waals surface area contributed by atoms with Crippen molar-refractivity contribution in [2.24, 2.45) is 17.8 Å². The van der Waals surface area contributed by atoms with Gasteiger partial charge in [0.2, 0.25) is 0 Å². The maximum atomic E-state index is 14.7. The third-order valence-corrected chi connectivity index (χ3v) is 7.86. The molecule has 0 saturated heterocycles. The summed E-state index contributed by atoms with van der Waals surface area (Å²) in [5, 5.41) is 8.08. The second-order valence-electron chi connectivity index (χ2n) is 8.10. The predicted molar refractivity (Wildman–Crippen MR) is 108 cm³/mol. The molecule has 3 saturated carbocycles. The van der Waals surface area contributed by atoms with Gasteiger partial charge in [0.05, 0.1) is 0 Å². The zero-order chi connectivity index (χ0) is 21.7. The first kappa shape index (κ1) is 20.6. The molecule has 158 valence electrons. The maximum absolute atomic E-state index is 14.7. The molecule has 3 fully saturated rings. The number of nitrogens with one attached hydrogen (secondary N) is 1. The summed E-state index contributed by atoms with van der Waals surface area (Å²) in [5.41, 5.74) is 0.890. The molecule has 8 nitrogen and oxygen atoms in total. The molecule has 6 rings (SSSR count). The monoisotopic (exact) mass is 618 g/mol. The third kappa shape index (κ3) is 3.57. The fraction of sp³-hybridized carbons (Fsp3) is 0.450. The van der Waals surface area contributed by atoms with Crippen molar-refractivity contribution in [2.75, 3.05) is 12.4 Å². The molecule has 11 heteroatoms. The van der Waals surface area contributed by atoms with Crippen LogP contribution >= 0.6 is 0 Å². The number of ether oxygens (including phenoxy) is 1. The Hall–Kier alpha value is -2.25. The van der Waals surface area contributed by atoms with Crippen LogP contribution in [0.25, 0.3) is 22.6 Å². The summed E-state index contributed by atoms with van der Waals surface area (Å²) in [6, 6.07) is 1.07. The Bertz CT molecular complexity index is 1160. The van der Waals surface area contributed by atoms with Gasteiger partial charge in [-0.1, -0.05) is 0 Å². The molecule has 31 heavy (non-hydrogen) atoms. The molecule has 0 spiro atoms. The average Bonchev–Trinajstić information content (AvgIpc) is 3.11. The van der Waals surface area contributed by atoms with Crippen molar-refractivity contribution in [2.45, 2.75) is 31.7 Å². The molecule has 2 bridgehead atoms. The van der Waals surface area contributed by atoms with Gasteiger partial charge in [0, 0.05) is 0 Å². The summed E-state index contributed by atoms with van der Waals surface area (Å²) in [6.45, 7) is 0. The van der Waals surface area contributed by atoms with Crippen LogP contribution in [0.5, 0.6) is 0 Å². The second kappa shape index (κ2) is 8.02. The van der Waals surface area contributed by atoms with E-state index >= 15 is 0 Å². The van der Waals surface area contributed by atoms with Gasteiger partial charge in [-0.15, -0.1) is 0 Å². The Balaban J connectivity index is 1.53. The summed E-state index contributed by atoms with van der Waals surface area (Å²) >= 11 is 0.302. The molecule has 2 atom stereocenters. The molecule has 3 aromatic rings. The minimum atomic E-state index is -0.616. The quantitative estimate of drug-likeness (QED) is 0.355. The van der Waals surface area contributed by atoms with E-state index in [4.69, 9.17) is 4.74 Å². The van der Waals surface area contributed by atoms with Gasteiger partial charge < -0.3 is 0 Å². The van der Waals surface area contributed by atoms with Gasteiger partial charge in [-0.25, -0.2) is 0 Å². The summed E-state index contributed by atoms with van der Waals surface area (Å²) in [5.74, 6) is -1.06. The third-order valence-electron chi connectivity index (χ3n) is 6.46. The van der Waals surface area contributed by atoms with E-state index in [1.807, 2.05) is 0 Å². The Morgan fingerprint density at radius 1 is 1.19 bits per heavy atom. The van der Waals surface area contributed by atoms with E-state index in [2.05, 4.69) is 25.4 Å². The Morgan fingerprint density at radius 2 is 1.94 bits per heavy atom. The van der Waals surface area contributed by atoms with E-state index in [-0.39, 0.29) is 41.4 Å². The normalized spacial score (nSPS) is 25.0. The minimum absolute atomic E-state index is 0.0133. The number of pyridine rings is 1.